The van der Waals surface area contributed by atoms with E-state index in [9.17, 15) is 0 Å². The van der Waals surface area contributed by atoms with Crippen molar-refractivity contribution < 1.29 is 9.47 Å². The van der Waals surface area contributed by atoms with Gasteiger partial charge in [0.2, 0.25) is 0 Å². The van der Waals surface area contributed by atoms with Crippen LogP contribution in [0.1, 0.15) is 12.8 Å². The maximum atomic E-state index is 5.53. The second kappa shape index (κ2) is 4.28. The van der Waals surface area contributed by atoms with E-state index in [1.807, 2.05) is 30.3 Å². The molecule has 1 atom stereocenters. The van der Waals surface area contributed by atoms with Crippen LogP contribution in [0, 0.1) is 0 Å². The quantitative estimate of drug-likeness (QED) is 0.509. The molecule has 70 valence electrons. The number of hydrogen-bond donors (Lipinski definition) is 0. The number of epoxide rings is 1. The van der Waals surface area contributed by atoms with Crippen molar-refractivity contribution in [2.24, 2.45) is 0 Å². The van der Waals surface area contributed by atoms with E-state index in [2.05, 4.69) is 0 Å². The predicted molar refractivity (Wildman–Crippen MR) is 50.9 cm³/mol. The summed E-state index contributed by atoms with van der Waals surface area (Å²) in [4.78, 5) is 0. The molecule has 0 radical (unpaired) electrons. The molecule has 0 N–H and O–H groups in total. The average Bonchev–Trinajstić information content (AvgIpc) is 2.98. The molecule has 1 aromatic rings. The molecule has 0 bridgehead atoms. The highest BCUT2D eigenvalue weighted by Crippen LogP contribution is 2.16. The maximum Gasteiger partial charge on any atom is 0.119 e. The lowest BCUT2D eigenvalue weighted by Crippen LogP contribution is -1.98. The van der Waals surface area contributed by atoms with Crippen LogP contribution in [0.25, 0.3) is 0 Å². The van der Waals surface area contributed by atoms with E-state index >= 15 is 0 Å². The summed E-state index contributed by atoms with van der Waals surface area (Å²) < 4.78 is 10.6. The van der Waals surface area contributed by atoms with Crippen LogP contribution in [0.4, 0.5) is 0 Å². The van der Waals surface area contributed by atoms with Gasteiger partial charge in [-0.1, -0.05) is 18.2 Å². The molecule has 1 fully saturated rings. The third-order valence-electron chi connectivity index (χ3n) is 2.08. The zero-order chi connectivity index (χ0) is 8.93. The number of ether oxygens (including phenoxy) is 2. The molecular weight excluding hydrogens is 164 g/mol. The largest absolute Gasteiger partial charge is 0.494 e. The van der Waals surface area contributed by atoms with Gasteiger partial charge in [0.25, 0.3) is 0 Å². The Hall–Kier alpha value is -1.02. The van der Waals surface area contributed by atoms with Gasteiger partial charge in [0.05, 0.1) is 19.3 Å². The zero-order valence-corrected chi connectivity index (χ0v) is 7.61. The minimum atomic E-state index is 0.527. The van der Waals surface area contributed by atoms with Crippen LogP contribution in [-0.4, -0.2) is 19.3 Å². The maximum absolute atomic E-state index is 5.53. The fourth-order valence-corrected chi connectivity index (χ4v) is 1.25. The van der Waals surface area contributed by atoms with Crippen LogP contribution in [0.5, 0.6) is 5.75 Å². The molecule has 1 heterocycles. The smallest absolute Gasteiger partial charge is 0.119 e. The average molecular weight is 178 g/mol. The summed E-state index contributed by atoms with van der Waals surface area (Å²) in [6, 6.07) is 9.92. The first kappa shape index (κ1) is 8.57. The molecular formula is C11H14O2. The lowest BCUT2D eigenvalue weighted by Gasteiger charge is -2.03. The fourth-order valence-electron chi connectivity index (χ4n) is 1.25. The summed E-state index contributed by atoms with van der Waals surface area (Å²) in [5.41, 5.74) is 0. The molecule has 0 amide bonds. The Kier molecular flexibility index (Phi) is 2.82. The Morgan fingerprint density at radius 2 is 2.08 bits per heavy atom. The normalized spacial score (nSPS) is 19.8. The highest BCUT2D eigenvalue weighted by Gasteiger charge is 2.21. The van der Waals surface area contributed by atoms with Gasteiger partial charge >= 0.3 is 0 Å². The van der Waals surface area contributed by atoms with Crippen molar-refractivity contribution in [2.45, 2.75) is 18.9 Å². The fraction of sp³-hybridized carbons (Fsp3) is 0.455. The van der Waals surface area contributed by atoms with Crippen LogP contribution < -0.4 is 4.74 Å². The van der Waals surface area contributed by atoms with Gasteiger partial charge in [0.1, 0.15) is 5.75 Å². The van der Waals surface area contributed by atoms with Crippen molar-refractivity contribution in [1.29, 1.82) is 0 Å². The van der Waals surface area contributed by atoms with E-state index in [0.29, 0.717) is 6.10 Å². The van der Waals surface area contributed by atoms with E-state index in [4.69, 9.17) is 9.47 Å². The molecule has 1 aromatic carbocycles. The van der Waals surface area contributed by atoms with Gasteiger partial charge in [-0.2, -0.15) is 0 Å². The third kappa shape index (κ3) is 3.07. The molecule has 2 heteroatoms. The van der Waals surface area contributed by atoms with E-state index in [1.165, 1.54) is 0 Å². The minimum absolute atomic E-state index is 0.527. The van der Waals surface area contributed by atoms with Crippen LogP contribution in [0.15, 0.2) is 30.3 Å². The lowest BCUT2D eigenvalue weighted by molar-refractivity contribution is 0.294. The lowest BCUT2D eigenvalue weighted by atomic mass is 10.2. The summed E-state index contributed by atoms with van der Waals surface area (Å²) in [6.45, 7) is 1.75. The third-order valence-corrected chi connectivity index (χ3v) is 2.08. The van der Waals surface area contributed by atoms with Crippen LogP contribution in [0.3, 0.4) is 0 Å². The van der Waals surface area contributed by atoms with Crippen molar-refractivity contribution >= 4 is 0 Å². The first-order chi connectivity index (χ1) is 6.45. The monoisotopic (exact) mass is 178 g/mol. The number of para-hydroxylation sites is 1. The van der Waals surface area contributed by atoms with Gasteiger partial charge in [-0.25, -0.2) is 0 Å². The van der Waals surface area contributed by atoms with Crippen LogP contribution in [0.2, 0.25) is 0 Å². The molecule has 1 aliphatic heterocycles. The molecule has 0 aromatic heterocycles. The molecule has 1 saturated heterocycles. The van der Waals surface area contributed by atoms with Crippen molar-refractivity contribution in [3.05, 3.63) is 30.3 Å². The van der Waals surface area contributed by atoms with Gasteiger partial charge in [0, 0.05) is 0 Å². The topological polar surface area (TPSA) is 21.8 Å². The summed E-state index contributed by atoms with van der Waals surface area (Å²) in [6.07, 6.45) is 2.74. The highest BCUT2D eigenvalue weighted by molar-refractivity contribution is 5.20. The highest BCUT2D eigenvalue weighted by atomic mass is 16.6. The number of benzene rings is 1. The molecule has 0 saturated carbocycles. The van der Waals surface area contributed by atoms with E-state index in [1.54, 1.807) is 0 Å². The summed E-state index contributed by atoms with van der Waals surface area (Å²) in [5.74, 6) is 0.958. The van der Waals surface area contributed by atoms with Gasteiger partial charge in [-0.3, -0.25) is 0 Å². The first-order valence-corrected chi connectivity index (χ1v) is 4.74. The molecule has 13 heavy (non-hydrogen) atoms. The SMILES string of the molecule is c1ccc(OCCCC2CO2)cc1. The van der Waals surface area contributed by atoms with Gasteiger partial charge in [0.15, 0.2) is 0 Å². The Bertz CT molecular complexity index is 242. The second-order valence-electron chi connectivity index (χ2n) is 3.26. The molecule has 0 spiro atoms. The van der Waals surface area contributed by atoms with Gasteiger partial charge < -0.3 is 9.47 Å². The summed E-state index contributed by atoms with van der Waals surface area (Å²) in [5, 5.41) is 0. The zero-order valence-electron chi connectivity index (χ0n) is 7.61. The Balaban J connectivity index is 1.61. The summed E-state index contributed by atoms with van der Waals surface area (Å²) >= 11 is 0. The number of hydrogen-bond acceptors (Lipinski definition) is 2. The van der Waals surface area contributed by atoms with Crippen molar-refractivity contribution in [1.82, 2.24) is 0 Å². The standard InChI is InChI=1S/C11H14O2/c1-2-5-10(6-3-1)12-8-4-7-11-9-13-11/h1-3,5-6,11H,4,7-9H2. The minimum Gasteiger partial charge on any atom is -0.494 e. The van der Waals surface area contributed by atoms with Crippen molar-refractivity contribution in [2.75, 3.05) is 13.2 Å². The Morgan fingerprint density at radius 3 is 2.77 bits per heavy atom. The van der Waals surface area contributed by atoms with Crippen LogP contribution >= 0.6 is 0 Å². The summed E-state index contributed by atoms with van der Waals surface area (Å²) in [7, 11) is 0. The van der Waals surface area contributed by atoms with E-state index < -0.39 is 0 Å². The van der Waals surface area contributed by atoms with Crippen molar-refractivity contribution in [3.8, 4) is 5.75 Å². The van der Waals surface area contributed by atoms with Crippen molar-refractivity contribution in [3.63, 3.8) is 0 Å². The molecule has 2 rings (SSSR count). The van der Waals surface area contributed by atoms with E-state index in [-0.39, 0.29) is 0 Å². The molecule has 1 aliphatic rings. The first-order valence-electron chi connectivity index (χ1n) is 4.74. The Labute approximate surface area is 78.5 Å². The second-order valence-corrected chi connectivity index (χ2v) is 3.26. The van der Waals surface area contributed by atoms with Gasteiger partial charge in [-0.05, 0) is 25.0 Å². The molecule has 0 aliphatic carbocycles. The van der Waals surface area contributed by atoms with Crippen LogP contribution in [-0.2, 0) is 4.74 Å². The van der Waals surface area contributed by atoms with E-state index in [0.717, 1.165) is 31.8 Å². The molecule has 1 unspecified atom stereocenters. The number of rotatable bonds is 5. The predicted octanol–water partition coefficient (Wildman–Crippen LogP) is 2.24. The Morgan fingerprint density at radius 1 is 1.31 bits per heavy atom. The molecule has 2 nitrogen and oxygen atoms in total. The van der Waals surface area contributed by atoms with Gasteiger partial charge in [-0.15, -0.1) is 0 Å².